The largest absolute Gasteiger partial charge is 0.494 e. The first-order valence-corrected chi connectivity index (χ1v) is 11.2. The van der Waals surface area contributed by atoms with E-state index >= 15 is 0 Å². The zero-order valence-electron chi connectivity index (χ0n) is 18.1. The molecule has 1 fully saturated rings. The van der Waals surface area contributed by atoms with Crippen LogP contribution < -0.4 is 15.4 Å². The minimum atomic E-state index is -0.592. The summed E-state index contributed by atoms with van der Waals surface area (Å²) in [6, 6.07) is 4.87. The first-order valence-electron chi connectivity index (χ1n) is 11.2. The van der Waals surface area contributed by atoms with Crippen LogP contribution in [-0.2, 0) is 22.7 Å². The standard InChI is InChI=1S/C23H29N5O4/c29-21-8-7-20(22(30)27-21)28-14-16-11-18(5-6-19(16)23(28)31)32-10-4-2-1-3-9-24-12-17-13-25-15-26-17/h5-6,11,13,15,20,24H,1-4,7-10,12,14H2,(H,25,26)(H,27,29,30). The van der Waals surface area contributed by atoms with Gasteiger partial charge in [0.1, 0.15) is 11.8 Å². The second kappa shape index (κ2) is 10.4. The summed E-state index contributed by atoms with van der Waals surface area (Å²) in [5.41, 5.74) is 2.56. The lowest BCUT2D eigenvalue weighted by molar-refractivity contribution is -0.136. The molecule has 9 nitrogen and oxygen atoms in total. The number of fused-ring (bicyclic) bond motifs is 1. The molecule has 9 heteroatoms. The van der Waals surface area contributed by atoms with Gasteiger partial charge in [-0.05, 0) is 49.6 Å². The molecule has 2 aliphatic rings. The predicted molar refractivity (Wildman–Crippen MR) is 117 cm³/mol. The Kier molecular flexibility index (Phi) is 7.16. The van der Waals surface area contributed by atoms with E-state index in [4.69, 9.17) is 4.74 Å². The van der Waals surface area contributed by atoms with Crippen molar-refractivity contribution in [2.45, 2.75) is 57.7 Å². The van der Waals surface area contributed by atoms with Crippen LogP contribution in [0.4, 0.5) is 0 Å². The van der Waals surface area contributed by atoms with Crippen molar-refractivity contribution >= 4 is 17.7 Å². The molecule has 1 aromatic heterocycles. The first-order chi connectivity index (χ1) is 15.6. The number of rotatable bonds is 11. The van der Waals surface area contributed by atoms with E-state index in [1.54, 1.807) is 17.3 Å². The van der Waals surface area contributed by atoms with Gasteiger partial charge in [0.2, 0.25) is 11.8 Å². The number of amides is 3. The molecule has 4 rings (SSSR count). The Morgan fingerprint density at radius 3 is 2.84 bits per heavy atom. The van der Waals surface area contributed by atoms with E-state index in [0.29, 0.717) is 25.1 Å². The Morgan fingerprint density at radius 2 is 2.03 bits per heavy atom. The van der Waals surface area contributed by atoms with Crippen LogP contribution in [0.3, 0.4) is 0 Å². The SMILES string of the molecule is O=C1CCC(N2Cc3cc(OCCCCCCNCc4cnc[nH]4)ccc3C2=O)C(=O)N1. The zero-order chi connectivity index (χ0) is 22.3. The number of unbranched alkanes of at least 4 members (excludes halogenated alkanes) is 3. The summed E-state index contributed by atoms with van der Waals surface area (Å²) in [7, 11) is 0. The van der Waals surface area contributed by atoms with Crippen LogP contribution in [0.15, 0.2) is 30.7 Å². The molecule has 0 spiro atoms. The fourth-order valence-electron chi connectivity index (χ4n) is 4.14. The fourth-order valence-corrected chi connectivity index (χ4v) is 4.14. The molecule has 170 valence electrons. The molecule has 32 heavy (non-hydrogen) atoms. The third-order valence-corrected chi connectivity index (χ3v) is 5.88. The molecular weight excluding hydrogens is 410 g/mol. The highest BCUT2D eigenvalue weighted by Crippen LogP contribution is 2.30. The van der Waals surface area contributed by atoms with Gasteiger partial charge in [-0.2, -0.15) is 0 Å². The topological polar surface area (TPSA) is 116 Å². The van der Waals surface area contributed by atoms with Crippen LogP contribution in [0.5, 0.6) is 5.75 Å². The summed E-state index contributed by atoms with van der Waals surface area (Å²) < 4.78 is 5.88. The van der Waals surface area contributed by atoms with Gasteiger partial charge in [-0.15, -0.1) is 0 Å². The van der Waals surface area contributed by atoms with Gasteiger partial charge in [0.15, 0.2) is 0 Å². The highest BCUT2D eigenvalue weighted by molar-refractivity contribution is 6.05. The van der Waals surface area contributed by atoms with Crippen molar-refractivity contribution in [3.05, 3.63) is 47.5 Å². The Morgan fingerprint density at radius 1 is 1.16 bits per heavy atom. The molecule has 0 aliphatic carbocycles. The number of imide groups is 1. The lowest BCUT2D eigenvalue weighted by Gasteiger charge is -2.29. The van der Waals surface area contributed by atoms with E-state index in [0.717, 1.165) is 55.8 Å². The summed E-state index contributed by atoms with van der Waals surface area (Å²) >= 11 is 0. The van der Waals surface area contributed by atoms with E-state index in [2.05, 4.69) is 20.6 Å². The molecule has 1 saturated heterocycles. The average molecular weight is 440 g/mol. The van der Waals surface area contributed by atoms with Crippen LogP contribution >= 0.6 is 0 Å². The lowest BCUT2D eigenvalue weighted by atomic mass is 10.0. The molecule has 2 aliphatic heterocycles. The van der Waals surface area contributed by atoms with E-state index < -0.39 is 11.9 Å². The summed E-state index contributed by atoms with van der Waals surface area (Å²) in [6.45, 7) is 2.78. The zero-order valence-corrected chi connectivity index (χ0v) is 18.1. The van der Waals surface area contributed by atoms with Crippen LogP contribution in [0.25, 0.3) is 0 Å². The molecule has 0 bridgehead atoms. The van der Waals surface area contributed by atoms with Gasteiger partial charge in [0.25, 0.3) is 5.91 Å². The van der Waals surface area contributed by atoms with Crippen molar-refractivity contribution in [2.24, 2.45) is 0 Å². The third kappa shape index (κ3) is 5.34. The monoisotopic (exact) mass is 439 g/mol. The predicted octanol–water partition coefficient (Wildman–Crippen LogP) is 1.90. The van der Waals surface area contributed by atoms with Crippen LogP contribution in [0.2, 0.25) is 0 Å². The normalized spacial score (nSPS) is 18.1. The summed E-state index contributed by atoms with van der Waals surface area (Å²) in [5, 5.41) is 5.71. The highest BCUT2D eigenvalue weighted by Gasteiger charge is 2.39. The van der Waals surface area contributed by atoms with E-state index in [1.165, 1.54) is 0 Å². The third-order valence-electron chi connectivity index (χ3n) is 5.88. The van der Waals surface area contributed by atoms with Crippen molar-refractivity contribution in [2.75, 3.05) is 13.2 Å². The molecule has 1 unspecified atom stereocenters. The molecule has 3 amide bonds. The molecule has 1 aromatic carbocycles. The van der Waals surface area contributed by atoms with Crippen LogP contribution in [-0.4, -0.2) is 51.8 Å². The van der Waals surface area contributed by atoms with Gasteiger partial charge in [0.05, 0.1) is 12.9 Å². The molecule has 1 atom stereocenters. The van der Waals surface area contributed by atoms with Crippen molar-refractivity contribution in [1.29, 1.82) is 0 Å². The summed E-state index contributed by atoms with van der Waals surface area (Å²) in [6.07, 6.45) is 8.45. The number of carbonyl (C=O) groups is 3. The maximum atomic E-state index is 12.7. The Balaban J connectivity index is 1.15. The number of benzene rings is 1. The number of aromatic amines is 1. The van der Waals surface area contributed by atoms with E-state index in [1.807, 2.05) is 18.3 Å². The number of piperidine rings is 1. The van der Waals surface area contributed by atoms with Crippen molar-refractivity contribution in [1.82, 2.24) is 25.5 Å². The number of carbonyl (C=O) groups excluding carboxylic acids is 3. The number of imidazole rings is 1. The Bertz CT molecular complexity index is 959. The quantitative estimate of drug-likeness (QED) is 0.364. The number of ether oxygens (including phenoxy) is 1. The number of hydrogen-bond donors (Lipinski definition) is 3. The molecule has 0 radical (unpaired) electrons. The number of hydrogen-bond acceptors (Lipinski definition) is 6. The number of nitrogens with zero attached hydrogens (tertiary/aromatic N) is 2. The molecule has 0 saturated carbocycles. The second-order valence-corrected chi connectivity index (χ2v) is 8.24. The minimum Gasteiger partial charge on any atom is -0.494 e. The Hall–Kier alpha value is -3.20. The smallest absolute Gasteiger partial charge is 0.255 e. The van der Waals surface area contributed by atoms with Gasteiger partial charge in [-0.25, -0.2) is 4.98 Å². The highest BCUT2D eigenvalue weighted by atomic mass is 16.5. The van der Waals surface area contributed by atoms with Crippen molar-refractivity contribution < 1.29 is 19.1 Å². The second-order valence-electron chi connectivity index (χ2n) is 8.24. The first kappa shape index (κ1) is 22.0. The number of nitrogens with one attached hydrogen (secondary N) is 3. The fraction of sp³-hybridized carbons (Fsp3) is 0.478. The average Bonchev–Trinajstić information content (AvgIpc) is 3.40. The minimum absolute atomic E-state index is 0.165. The Labute approximate surface area is 186 Å². The van der Waals surface area contributed by atoms with Crippen LogP contribution in [0.1, 0.15) is 60.1 Å². The van der Waals surface area contributed by atoms with Gasteiger partial charge in [-0.3, -0.25) is 19.7 Å². The number of H-pyrrole nitrogens is 1. The van der Waals surface area contributed by atoms with Gasteiger partial charge in [-0.1, -0.05) is 12.8 Å². The lowest BCUT2D eigenvalue weighted by Crippen LogP contribution is -2.52. The van der Waals surface area contributed by atoms with E-state index in [-0.39, 0.29) is 18.2 Å². The van der Waals surface area contributed by atoms with Crippen molar-refractivity contribution in [3.63, 3.8) is 0 Å². The molecule has 3 N–H and O–H groups in total. The molecule has 2 aromatic rings. The van der Waals surface area contributed by atoms with Gasteiger partial charge >= 0.3 is 0 Å². The maximum absolute atomic E-state index is 12.7. The maximum Gasteiger partial charge on any atom is 0.255 e. The number of aromatic nitrogens is 2. The van der Waals surface area contributed by atoms with Gasteiger partial charge < -0.3 is 19.9 Å². The van der Waals surface area contributed by atoms with Crippen LogP contribution in [0, 0.1) is 0 Å². The molecule has 3 heterocycles. The molecular formula is C23H29N5O4. The summed E-state index contributed by atoms with van der Waals surface area (Å²) in [4.78, 5) is 44.8. The van der Waals surface area contributed by atoms with Crippen molar-refractivity contribution in [3.8, 4) is 5.75 Å². The van der Waals surface area contributed by atoms with E-state index in [9.17, 15) is 14.4 Å². The summed E-state index contributed by atoms with van der Waals surface area (Å²) in [5.74, 6) is -0.100. The van der Waals surface area contributed by atoms with Gasteiger partial charge in [0, 0.05) is 37.0 Å².